The van der Waals surface area contributed by atoms with Gasteiger partial charge in [0.1, 0.15) is 11.5 Å². The SMILES string of the molecule is CC(C)Cc1cc(C(=O)N2CCCC[C@@H]2CCc2nccn2C)n(C)n1. The van der Waals surface area contributed by atoms with E-state index < -0.39 is 0 Å². The second-order valence-corrected chi connectivity index (χ2v) is 7.88. The van der Waals surface area contributed by atoms with Crippen molar-refractivity contribution >= 4 is 5.91 Å². The number of nitrogens with zero attached hydrogens (tertiary/aromatic N) is 5. The van der Waals surface area contributed by atoms with E-state index in [-0.39, 0.29) is 11.9 Å². The average molecular weight is 358 g/mol. The van der Waals surface area contributed by atoms with E-state index >= 15 is 0 Å². The number of likely N-dealkylation sites (tertiary alicyclic amines) is 1. The molecule has 1 atom stereocenters. The summed E-state index contributed by atoms with van der Waals surface area (Å²) in [6.45, 7) is 5.19. The molecule has 1 saturated heterocycles. The van der Waals surface area contributed by atoms with Crippen LogP contribution >= 0.6 is 0 Å². The van der Waals surface area contributed by atoms with Crippen LogP contribution in [0.5, 0.6) is 0 Å². The van der Waals surface area contributed by atoms with Gasteiger partial charge in [0, 0.05) is 45.5 Å². The highest BCUT2D eigenvalue weighted by molar-refractivity contribution is 5.93. The van der Waals surface area contributed by atoms with Gasteiger partial charge in [-0.05, 0) is 44.1 Å². The van der Waals surface area contributed by atoms with Gasteiger partial charge in [-0.3, -0.25) is 9.48 Å². The molecule has 2 aromatic heterocycles. The zero-order chi connectivity index (χ0) is 18.7. The molecule has 3 rings (SSSR count). The molecular weight excluding hydrogens is 326 g/mol. The first-order valence-electron chi connectivity index (χ1n) is 9.75. The number of piperidine rings is 1. The topological polar surface area (TPSA) is 56.0 Å². The van der Waals surface area contributed by atoms with Crippen LogP contribution in [0.3, 0.4) is 0 Å². The molecule has 0 aliphatic carbocycles. The average Bonchev–Trinajstić information content (AvgIpc) is 3.17. The molecule has 0 N–H and O–H groups in total. The zero-order valence-electron chi connectivity index (χ0n) is 16.5. The summed E-state index contributed by atoms with van der Waals surface area (Å²) in [6.07, 6.45) is 9.95. The third kappa shape index (κ3) is 4.17. The van der Waals surface area contributed by atoms with Crippen LogP contribution < -0.4 is 0 Å². The Morgan fingerprint density at radius 1 is 1.31 bits per heavy atom. The summed E-state index contributed by atoms with van der Waals surface area (Å²) in [7, 11) is 3.90. The molecular formula is C20H31N5O. The maximum atomic E-state index is 13.2. The highest BCUT2D eigenvalue weighted by Crippen LogP contribution is 2.23. The van der Waals surface area contributed by atoms with Gasteiger partial charge in [-0.25, -0.2) is 4.98 Å². The van der Waals surface area contributed by atoms with Gasteiger partial charge in [-0.15, -0.1) is 0 Å². The first-order valence-corrected chi connectivity index (χ1v) is 9.75. The molecule has 3 heterocycles. The van der Waals surface area contributed by atoms with Crippen LogP contribution in [-0.2, 0) is 26.9 Å². The predicted molar refractivity (Wildman–Crippen MR) is 102 cm³/mol. The molecule has 2 aromatic rings. The van der Waals surface area contributed by atoms with E-state index in [9.17, 15) is 4.79 Å². The number of hydrogen-bond acceptors (Lipinski definition) is 3. The van der Waals surface area contributed by atoms with E-state index in [0.29, 0.717) is 11.6 Å². The molecule has 6 nitrogen and oxygen atoms in total. The van der Waals surface area contributed by atoms with Crippen LogP contribution in [0.2, 0.25) is 0 Å². The van der Waals surface area contributed by atoms with Gasteiger partial charge in [0.25, 0.3) is 5.91 Å². The number of rotatable bonds is 6. The molecule has 142 valence electrons. The van der Waals surface area contributed by atoms with E-state index in [1.807, 2.05) is 32.6 Å². The van der Waals surface area contributed by atoms with Crippen LogP contribution in [0.15, 0.2) is 18.5 Å². The number of aryl methyl sites for hydroxylation is 3. The Kier molecular flexibility index (Phi) is 5.79. The molecule has 26 heavy (non-hydrogen) atoms. The lowest BCUT2D eigenvalue weighted by molar-refractivity contribution is 0.0589. The van der Waals surface area contributed by atoms with Crippen LogP contribution in [-0.4, -0.2) is 42.7 Å². The molecule has 0 spiro atoms. The summed E-state index contributed by atoms with van der Waals surface area (Å²) in [6, 6.07) is 2.27. The number of carbonyl (C=O) groups is 1. The fourth-order valence-corrected chi connectivity index (χ4v) is 3.89. The molecule has 1 amide bonds. The van der Waals surface area contributed by atoms with E-state index in [0.717, 1.165) is 50.2 Å². The van der Waals surface area contributed by atoms with Crippen LogP contribution in [0.1, 0.15) is 61.5 Å². The first-order chi connectivity index (χ1) is 12.5. The second-order valence-electron chi connectivity index (χ2n) is 7.88. The Hall–Kier alpha value is -2.11. The van der Waals surface area contributed by atoms with Gasteiger partial charge in [0.15, 0.2) is 0 Å². The summed E-state index contributed by atoms with van der Waals surface area (Å²) in [5, 5.41) is 4.55. The van der Waals surface area contributed by atoms with Gasteiger partial charge in [-0.1, -0.05) is 13.8 Å². The lowest BCUT2D eigenvalue weighted by Gasteiger charge is -2.35. The Labute approximate surface area is 156 Å². The summed E-state index contributed by atoms with van der Waals surface area (Å²) in [5.74, 6) is 1.75. The fourth-order valence-electron chi connectivity index (χ4n) is 3.89. The van der Waals surface area contributed by atoms with Crippen molar-refractivity contribution in [3.8, 4) is 0 Å². The predicted octanol–water partition coefficient (Wildman–Crippen LogP) is 2.98. The van der Waals surface area contributed by atoms with Gasteiger partial charge >= 0.3 is 0 Å². The van der Waals surface area contributed by atoms with Crippen LogP contribution in [0, 0.1) is 5.92 Å². The van der Waals surface area contributed by atoms with Gasteiger partial charge in [-0.2, -0.15) is 5.10 Å². The Morgan fingerprint density at radius 3 is 2.81 bits per heavy atom. The summed E-state index contributed by atoms with van der Waals surface area (Å²) in [4.78, 5) is 19.7. The highest BCUT2D eigenvalue weighted by Gasteiger charge is 2.29. The minimum absolute atomic E-state index is 0.125. The number of hydrogen-bond donors (Lipinski definition) is 0. The lowest BCUT2D eigenvalue weighted by atomic mass is 9.97. The standard InChI is InChI=1S/C20H31N5O/c1-15(2)13-16-14-18(24(4)22-16)20(26)25-11-6-5-7-17(25)8-9-19-21-10-12-23(19)3/h10,12,14-15,17H,5-9,11,13H2,1-4H3/t17-/m1/s1. The summed E-state index contributed by atoms with van der Waals surface area (Å²) >= 11 is 0. The summed E-state index contributed by atoms with van der Waals surface area (Å²) < 4.78 is 3.82. The van der Waals surface area contributed by atoms with Crippen molar-refractivity contribution in [2.75, 3.05) is 6.54 Å². The van der Waals surface area contributed by atoms with Crippen molar-refractivity contribution in [3.63, 3.8) is 0 Å². The minimum atomic E-state index is 0.125. The van der Waals surface area contributed by atoms with Crippen LogP contribution in [0.4, 0.5) is 0 Å². The Bertz CT molecular complexity index is 745. The first kappa shape index (κ1) is 18.7. The lowest BCUT2D eigenvalue weighted by Crippen LogP contribution is -2.44. The van der Waals surface area contributed by atoms with Crippen molar-refractivity contribution in [3.05, 3.63) is 35.7 Å². The number of carbonyl (C=O) groups excluding carboxylic acids is 1. The molecule has 0 unspecified atom stereocenters. The minimum Gasteiger partial charge on any atom is -0.338 e. The van der Waals surface area contributed by atoms with E-state index in [1.54, 1.807) is 4.68 Å². The van der Waals surface area contributed by atoms with E-state index in [4.69, 9.17) is 0 Å². The molecule has 0 aromatic carbocycles. The maximum Gasteiger partial charge on any atom is 0.272 e. The second kappa shape index (κ2) is 8.06. The third-order valence-corrected chi connectivity index (χ3v) is 5.28. The molecule has 1 aliphatic heterocycles. The van der Waals surface area contributed by atoms with Gasteiger partial charge < -0.3 is 9.47 Å². The van der Waals surface area contributed by atoms with Gasteiger partial charge in [0.2, 0.25) is 0 Å². The van der Waals surface area contributed by atoms with Crippen LogP contribution in [0.25, 0.3) is 0 Å². The number of aromatic nitrogens is 4. The van der Waals surface area contributed by atoms with E-state index in [1.165, 1.54) is 6.42 Å². The maximum absolute atomic E-state index is 13.2. The smallest absolute Gasteiger partial charge is 0.272 e. The molecule has 6 heteroatoms. The normalized spacial score (nSPS) is 17.9. The van der Waals surface area contributed by atoms with Crippen molar-refractivity contribution in [1.82, 2.24) is 24.2 Å². The Morgan fingerprint density at radius 2 is 2.12 bits per heavy atom. The number of imidazole rings is 1. The Balaban J connectivity index is 1.71. The zero-order valence-corrected chi connectivity index (χ0v) is 16.5. The van der Waals surface area contributed by atoms with Crippen molar-refractivity contribution < 1.29 is 4.79 Å². The third-order valence-electron chi connectivity index (χ3n) is 5.28. The number of amides is 1. The van der Waals surface area contributed by atoms with Crippen molar-refractivity contribution in [1.29, 1.82) is 0 Å². The monoisotopic (exact) mass is 357 g/mol. The molecule has 0 bridgehead atoms. The molecule has 0 radical (unpaired) electrons. The van der Waals surface area contributed by atoms with Gasteiger partial charge in [0.05, 0.1) is 5.69 Å². The fraction of sp³-hybridized carbons (Fsp3) is 0.650. The largest absolute Gasteiger partial charge is 0.338 e. The highest BCUT2D eigenvalue weighted by atomic mass is 16.2. The van der Waals surface area contributed by atoms with Crippen molar-refractivity contribution in [2.24, 2.45) is 20.0 Å². The quantitative estimate of drug-likeness (QED) is 0.799. The summed E-state index contributed by atoms with van der Waals surface area (Å²) in [5.41, 5.74) is 1.72. The molecule has 1 fully saturated rings. The van der Waals surface area contributed by atoms with Crippen molar-refractivity contribution in [2.45, 2.75) is 58.4 Å². The molecule has 1 aliphatic rings. The van der Waals surface area contributed by atoms with E-state index in [2.05, 4.69) is 33.4 Å². The molecule has 0 saturated carbocycles.